The van der Waals surface area contributed by atoms with E-state index in [1.807, 2.05) is 0 Å². The van der Waals surface area contributed by atoms with E-state index in [0.29, 0.717) is 18.3 Å². The first-order chi connectivity index (χ1) is 10.6. The molecule has 1 amide bonds. The van der Waals surface area contributed by atoms with Crippen molar-refractivity contribution in [3.8, 4) is 0 Å². The number of rotatable bonds is 6. The van der Waals surface area contributed by atoms with Crippen molar-refractivity contribution in [3.63, 3.8) is 0 Å². The molecule has 1 aromatic heterocycles. The van der Waals surface area contributed by atoms with Crippen molar-refractivity contribution in [1.29, 1.82) is 0 Å². The van der Waals surface area contributed by atoms with Gasteiger partial charge < -0.3 is 20.8 Å². The summed E-state index contributed by atoms with van der Waals surface area (Å²) in [4.78, 5) is 17.7. The number of likely N-dealkylation sites (tertiary alicyclic amines) is 1. The maximum atomic E-state index is 11.0. The van der Waals surface area contributed by atoms with Crippen molar-refractivity contribution in [2.45, 2.75) is 32.4 Å². The van der Waals surface area contributed by atoms with E-state index in [4.69, 9.17) is 10.2 Å². The van der Waals surface area contributed by atoms with Crippen LogP contribution in [-0.2, 0) is 6.54 Å². The number of nitrogens with one attached hydrogen (secondary N) is 2. The van der Waals surface area contributed by atoms with Gasteiger partial charge in [-0.05, 0) is 38.1 Å². The zero-order valence-corrected chi connectivity index (χ0v) is 16.0. The number of furan rings is 1. The van der Waals surface area contributed by atoms with E-state index in [2.05, 4.69) is 27.4 Å². The molecule has 1 aliphatic rings. The van der Waals surface area contributed by atoms with Crippen LogP contribution in [0.3, 0.4) is 0 Å². The number of nitrogens with two attached hydrogens (primary N) is 1. The van der Waals surface area contributed by atoms with Crippen LogP contribution < -0.4 is 16.4 Å². The Bertz CT molecular complexity index is 532. The highest BCUT2D eigenvalue weighted by molar-refractivity contribution is 14.0. The minimum absolute atomic E-state index is 0. The summed E-state index contributed by atoms with van der Waals surface area (Å²) in [5.41, 5.74) is 5.16. The number of hydrogen-bond acceptors (Lipinski definition) is 4. The highest BCUT2D eigenvalue weighted by atomic mass is 127. The molecule has 4 N–H and O–H groups in total. The standard InChI is InChI=1S/C15H25N5O2.HI/c1-3-20-8-4-5-11(20)9-18-15(17-2)19-10-12-6-7-13(22-12)14(16)21;/h6-7,11H,3-5,8-10H2,1-2H3,(H2,16,21)(H2,17,18,19);1H. The van der Waals surface area contributed by atoms with E-state index in [-0.39, 0.29) is 29.7 Å². The SMILES string of the molecule is CCN1CCCC1CNC(=NC)NCc1ccc(C(N)=O)o1.I. The highest BCUT2D eigenvalue weighted by Gasteiger charge is 2.22. The average Bonchev–Trinajstić information content (AvgIpc) is 3.16. The Morgan fingerprint density at radius 3 is 2.87 bits per heavy atom. The van der Waals surface area contributed by atoms with Crippen LogP contribution in [0.15, 0.2) is 21.5 Å². The number of primary amides is 1. The molecule has 130 valence electrons. The largest absolute Gasteiger partial charge is 0.454 e. The average molecular weight is 435 g/mol. The number of halogens is 1. The van der Waals surface area contributed by atoms with Gasteiger partial charge in [-0.1, -0.05) is 6.92 Å². The zero-order valence-electron chi connectivity index (χ0n) is 13.7. The maximum absolute atomic E-state index is 11.0. The topological polar surface area (TPSA) is 95.9 Å². The molecule has 1 atom stereocenters. The van der Waals surface area contributed by atoms with Crippen molar-refractivity contribution in [1.82, 2.24) is 15.5 Å². The van der Waals surface area contributed by atoms with E-state index >= 15 is 0 Å². The van der Waals surface area contributed by atoms with Crippen LogP contribution in [0.5, 0.6) is 0 Å². The second kappa shape index (κ2) is 9.76. The number of hydrogen-bond donors (Lipinski definition) is 3. The fraction of sp³-hybridized carbons (Fsp3) is 0.600. The maximum Gasteiger partial charge on any atom is 0.284 e. The summed E-state index contributed by atoms with van der Waals surface area (Å²) < 4.78 is 5.32. The van der Waals surface area contributed by atoms with Crippen LogP contribution in [0.2, 0.25) is 0 Å². The molecule has 8 heteroatoms. The molecule has 7 nitrogen and oxygen atoms in total. The first-order valence-electron chi connectivity index (χ1n) is 7.71. The Hall–Kier alpha value is -1.29. The number of carbonyl (C=O) groups is 1. The van der Waals surface area contributed by atoms with Crippen LogP contribution in [0, 0.1) is 0 Å². The second-order valence-corrected chi connectivity index (χ2v) is 5.36. The number of amides is 1. The van der Waals surface area contributed by atoms with Crippen LogP contribution in [0.1, 0.15) is 36.1 Å². The van der Waals surface area contributed by atoms with Crippen LogP contribution in [0.25, 0.3) is 0 Å². The fourth-order valence-corrected chi connectivity index (χ4v) is 2.75. The minimum Gasteiger partial charge on any atom is -0.454 e. The molecule has 1 aromatic rings. The summed E-state index contributed by atoms with van der Waals surface area (Å²) >= 11 is 0. The van der Waals surface area contributed by atoms with E-state index in [0.717, 1.165) is 19.0 Å². The molecule has 23 heavy (non-hydrogen) atoms. The Morgan fingerprint density at radius 2 is 2.26 bits per heavy atom. The third-order valence-electron chi connectivity index (χ3n) is 3.97. The number of carbonyl (C=O) groups excluding carboxylic acids is 1. The van der Waals surface area contributed by atoms with Gasteiger partial charge in [-0.2, -0.15) is 0 Å². The molecular weight excluding hydrogens is 409 g/mol. The summed E-state index contributed by atoms with van der Waals surface area (Å²) in [5.74, 6) is 0.978. The van der Waals surface area contributed by atoms with Gasteiger partial charge in [0.15, 0.2) is 11.7 Å². The lowest BCUT2D eigenvalue weighted by Gasteiger charge is -2.23. The molecule has 1 fully saturated rings. The van der Waals surface area contributed by atoms with E-state index in [9.17, 15) is 4.79 Å². The summed E-state index contributed by atoms with van der Waals surface area (Å²) in [6.45, 7) is 5.78. The van der Waals surface area contributed by atoms with Crippen molar-refractivity contribution in [2.75, 3.05) is 26.7 Å². The van der Waals surface area contributed by atoms with E-state index in [1.54, 1.807) is 19.2 Å². The van der Waals surface area contributed by atoms with Crippen LogP contribution >= 0.6 is 24.0 Å². The molecule has 0 radical (unpaired) electrons. The smallest absolute Gasteiger partial charge is 0.284 e. The molecule has 2 rings (SSSR count). The van der Waals surface area contributed by atoms with Gasteiger partial charge in [0.1, 0.15) is 5.76 Å². The molecule has 1 saturated heterocycles. The first kappa shape index (κ1) is 19.8. The van der Waals surface area contributed by atoms with Crippen molar-refractivity contribution >= 4 is 35.8 Å². The Kier molecular flexibility index (Phi) is 8.38. The lowest BCUT2D eigenvalue weighted by molar-refractivity contribution is 0.0972. The molecule has 0 aromatic carbocycles. The highest BCUT2D eigenvalue weighted by Crippen LogP contribution is 2.15. The molecule has 1 unspecified atom stereocenters. The van der Waals surface area contributed by atoms with Gasteiger partial charge in [0.2, 0.25) is 0 Å². The zero-order chi connectivity index (χ0) is 15.9. The van der Waals surface area contributed by atoms with Gasteiger partial charge in [-0.3, -0.25) is 14.7 Å². The predicted molar refractivity (Wildman–Crippen MR) is 101 cm³/mol. The summed E-state index contributed by atoms with van der Waals surface area (Å²) in [6.07, 6.45) is 2.48. The van der Waals surface area contributed by atoms with Gasteiger partial charge >= 0.3 is 0 Å². The van der Waals surface area contributed by atoms with Gasteiger partial charge in [0.05, 0.1) is 6.54 Å². The molecule has 0 saturated carbocycles. The summed E-state index contributed by atoms with van der Waals surface area (Å²) in [5, 5.41) is 6.51. The number of nitrogens with zero attached hydrogens (tertiary/aromatic N) is 2. The van der Waals surface area contributed by atoms with Gasteiger partial charge in [0, 0.05) is 19.6 Å². The first-order valence-corrected chi connectivity index (χ1v) is 7.71. The molecule has 0 bridgehead atoms. The Labute approximate surface area is 154 Å². The summed E-state index contributed by atoms with van der Waals surface area (Å²) in [7, 11) is 1.73. The van der Waals surface area contributed by atoms with Gasteiger partial charge in [-0.25, -0.2) is 0 Å². The second-order valence-electron chi connectivity index (χ2n) is 5.36. The normalized spacial score (nSPS) is 18.5. The van der Waals surface area contributed by atoms with E-state index < -0.39 is 5.91 Å². The predicted octanol–water partition coefficient (Wildman–Crippen LogP) is 1.15. The third-order valence-corrected chi connectivity index (χ3v) is 3.97. The minimum atomic E-state index is -0.561. The van der Waals surface area contributed by atoms with E-state index in [1.165, 1.54) is 19.4 Å². The van der Waals surface area contributed by atoms with Gasteiger partial charge in [-0.15, -0.1) is 24.0 Å². The number of guanidine groups is 1. The Balaban J connectivity index is 0.00000264. The molecule has 1 aliphatic heterocycles. The van der Waals surface area contributed by atoms with Gasteiger partial charge in [0.25, 0.3) is 5.91 Å². The van der Waals surface area contributed by atoms with Crippen molar-refractivity contribution in [3.05, 3.63) is 23.7 Å². The fourth-order valence-electron chi connectivity index (χ4n) is 2.75. The molecular formula is C15H26IN5O2. The summed E-state index contributed by atoms with van der Waals surface area (Å²) in [6, 6.07) is 3.87. The lowest BCUT2D eigenvalue weighted by Crippen LogP contribution is -2.44. The third kappa shape index (κ3) is 5.69. The number of aliphatic imine (C=N–C) groups is 1. The quantitative estimate of drug-likeness (QED) is 0.354. The Morgan fingerprint density at radius 1 is 1.48 bits per heavy atom. The molecule has 0 spiro atoms. The van der Waals surface area contributed by atoms with Crippen molar-refractivity contribution < 1.29 is 9.21 Å². The monoisotopic (exact) mass is 435 g/mol. The molecule has 0 aliphatic carbocycles. The van der Waals surface area contributed by atoms with Crippen molar-refractivity contribution in [2.24, 2.45) is 10.7 Å². The van der Waals surface area contributed by atoms with Crippen LogP contribution in [0.4, 0.5) is 0 Å². The van der Waals surface area contributed by atoms with Crippen LogP contribution in [-0.4, -0.2) is 49.5 Å². The number of likely N-dealkylation sites (N-methyl/N-ethyl adjacent to an activating group) is 1. The molecule has 2 heterocycles. The lowest BCUT2D eigenvalue weighted by atomic mass is 10.2.